The van der Waals surface area contributed by atoms with Crippen LogP contribution in [0.2, 0.25) is 0 Å². The van der Waals surface area contributed by atoms with Crippen molar-refractivity contribution in [1.82, 2.24) is 9.80 Å². The van der Waals surface area contributed by atoms with E-state index in [-0.39, 0.29) is 24.2 Å². The first-order valence-corrected chi connectivity index (χ1v) is 8.54. The molecule has 23 heavy (non-hydrogen) atoms. The Bertz CT molecular complexity index is 438. The summed E-state index contributed by atoms with van der Waals surface area (Å²) < 4.78 is 10.6. The van der Waals surface area contributed by atoms with Crippen LogP contribution < -0.4 is 0 Å². The van der Waals surface area contributed by atoms with Gasteiger partial charge in [-0.25, -0.2) is 4.79 Å². The van der Waals surface area contributed by atoms with Crippen molar-refractivity contribution in [3.05, 3.63) is 0 Å². The van der Waals surface area contributed by atoms with Crippen LogP contribution in [-0.4, -0.2) is 66.3 Å². The average molecular weight is 326 g/mol. The second-order valence-corrected chi connectivity index (χ2v) is 7.84. The van der Waals surface area contributed by atoms with Gasteiger partial charge in [0.1, 0.15) is 17.7 Å². The fraction of sp³-hybridized carbons (Fsp3) is 0.882. The number of ether oxygens (including phenoxy) is 2. The first kappa shape index (κ1) is 18.0. The number of carbonyl (C=O) groups excluding carboxylic acids is 2. The third-order valence-electron chi connectivity index (χ3n) is 4.47. The molecule has 0 aliphatic carbocycles. The lowest BCUT2D eigenvalue weighted by molar-refractivity contribution is -0.145. The second-order valence-electron chi connectivity index (χ2n) is 7.84. The zero-order valence-electron chi connectivity index (χ0n) is 15.0. The Kier molecular flexibility index (Phi) is 5.55. The predicted molar refractivity (Wildman–Crippen MR) is 87.1 cm³/mol. The molecule has 2 fully saturated rings. The Morgan fingerprint density at radius 2 is 1.96 bits per heavy atom. The lowest BCUT2D eigenvalue weighted by Gasteiger charge is -2.36. The molecule has 0 aromatic heterocycles. The quantitative estimate of drug-likeness (QED) is 0.745. The summed E-state index contributed by atoms with van der Waals surface area (Å²) in [5.74, 6) is 0.375. The van der Waals surface area contributed by atoms with Gasteiger partial charge in [-0.05, 0) is 59.5 Å². The molecular formula is C17H30N2O4. The molecule has 0 radical (unpaired) electrons. The Labute approximate surface area is 139 Å². The van der Waals surface area contributed by atoms with Crippen LogP contribution in [0.5, 0.6) is 0 Å². The maximum Gasteiger partial charge on any atom is 0.410 e. The van der Waals surface area contributed by atoms with Crippen molar-refractivity contribution >= 4 is 12.1 Å². The van der Waals surface area contributed by atoms with Crippen LogP contribution in [0, 0.1) is 5.92 Å². The molecule has 0 aromatic rings. The number of amides is 1. The molecule has 132 valence electrons. The van der Waals surface area contributed by atoms with E-state index < -0.39 is 5.60 Å². The SMILES string of the molecule is C[C@H]1C[C@H](N2CCC(CN(C)C(=O)OC(C)(C)C)CC2)C(=O)O1. The van der Waals surface area contributed by atoms with Crippen LogP contribution in [-0.2, 0) is 14.3 Å². The number of hydrogen-bond donors (Lipinski definition) is 0. The lowest BCUT2D eigenvalue weighted by atomic mass is 9.95. The average Bonchev–Trinajstić information content (AvgIpc) is 2.76. The number of cyclic esters (lactones) is 1. The van der Waals surface area contributed by atoms with Crippen molar-refractivity contribution in [2.24, 2.45) is 5.92 Å². The molecule has 2 heterocycles. The number of nitrogens with zero attached hydrogens (tertiary/aromatic N) is 2. The van der Waals surface area contributed by atoms with Crippen LogP contribution in [0.4, 0.5) is 4.79 Å². The molecule has 2 aliphatic rings. The van der Waals surface area contributed by atoms with Crippen LogP contribution >= 0.6 is 0 Å². The van der Waals surface area contributed by atoms with Crippen molar-refractivity contribution in [3.8, 4) is 0 Å². The number of rotatable bonds is 3. The molecule has 2 saturated heterocycles. The summed E-state index contributed by atoms with van der Waals surface area (Å²) in [6, 6.07) is -0.0745. The van der Waals surface area contributed by atoms with Crippen molar-refractivity contribution in [1.29, 1.82) is 0 Å². The van der Waals surface area contributed by atoms with Crippen molar-refractivity contribution in [3.63, 3.8) is 0 Å². The second kappa shape index (κ2) is 7.07. The van der Waals surface area contributed by atoms with Gasteiger partial charge in [0.15, 0.2) is 0 Å². The molecule has 1 amide bonds. The molecule has 2 aliphatic heterocycles. The van der Waals surface area contributed by atoms with Gasteiger partial charge >= 0.3 is 12.1 Å². The van der Waals surface area contributed by atoms with E-state index in [9.17, 15) is 9.59 Å². The Morgan fingerprint density at radius 3 is 2.43 bits per heavy atom. The molecule has 0 aromatic carbocycles. The third-order valence-corrected chi connectivity index (χ3v) is 4.47. The molecule has 2 rings (SSSR count). The fourth-order valence-corrected chi connectivity index (χ4v) is 3.28. The van der Waals surface area contributed by atoms with E-state index in [1.54, 1.807) is 11.9 Å². The Balaban J connectivity index is 1.76. The first-order chi connectivity index (χ1) is 10.7. The molecule has 0 N–H and O–H groups in total. The number of hydrogen-bond acceptors (Lipinski definition) is 5. The fourth-order valence-electron chi connectivity index (χ4n) is 3.28. The highest BCUT2D eigenvalue weighted by molar-refractivity contribution is 5.78. The molecule has 6 heteroatoms. The van der Waals surface area contributed by atoms with Gasteiger partial charge in [0.2, 0.25) is 0 Å². The van der Waals surface area contributed by atoms with E-state index in [4.69, 9.17) is 9.47 Å². The van der Waals surface area contributed by atoms with Crippen LogP contribution in [0.15, 0.2) is 0 Å². The lowest BCUT2D eigenvalue weighted by Crippen LogP contribution is -2.46. The monoisotopic (exact) mass is 326 g/mol. The summed E-state index contributed by atoms with van der Waals surface area (Å²) in [4.78, 5) is 27.7. The molecule has 2 atom stereocenters. The van der Waals surface area contributed by atoms with Crippen molar-refractivity contribution in [2.45, 2.75) is 64.7 Å². The first-order valence-electron chi connectivity index (χ1n) is 8.54. The minimum atomic E-state index is -0.464. The van der Waals surface area contributed by atoms with Gasteiger partial charge in [-0.3, -0.25) is 9.69 Å². The molecular weight excluding hydrogens is 296 g/mol. The van der Waals surface area contributed by atoms with Gasteiger partial charge in [-0.2, -0.15) is 0 Å². The summed E-state index contributed by atoms with van der Waals surface area (Å²) in [6.07, 6.45) is 2.54. The maximum absolute atomic E-state index is 12.0. The van der Waals surface area contributed by atoms with Crippen LogP contribution in [0.1, 0.15) is 47.0 Å². The third kappa shape index (κ3) is 5.09. The zero-order chi connectivity index (χ0) is 17.2. The summed E-state index contributed by atoms with van der Waals surface area (Å²) in [6.45, 7) is 10.0. The van der Waals surface area contributed by atoms with Crippen LogP contribution in [0.3, 0.4) is 0 Å². The highest BCUT2D eigenvalue weighted by Gasteiger charge is 2.38. The summed E-state index contributed by atoms with van der Waals surface area (Å²) in [5.41, 5.74) is -0.464. The Hall–Kier alpha value is -1.30. The molecule has 0 bridgehead atoms. The van der Waals surface area contributed by atoms with E-state index in [0.717, 1.165) is 32.4 Å². The largest absolute Gasteiger partial charge is 0.461 e. The van der Waals surface area contributed by atoms with E-state index in [2.05, 4.69) is 4.90 Å². The maximum atomic E-state index is 12.0. The van der Waals surface area contributed by atoms with E-state index in [1.165, 1.54) is 0 Å². The smallest absolute Gasteiger partial charge is 0.410 e. The highest BCUT2D eigenvalue weighted by Crippen LogP contribution is 2.26. The summed E-state index contributed by atoms with van der Waals surface area (Å²) in [5, 5.41) is 0. The molecule has 6 nitrogen and oxygen atoms in total. The predicted octanol–water partition coefficient (Wildman–Crippen LogP) is 2.27. The minimum absolute atomic E-state index is 0.0310. The number of esters is 1. The molecule has 0 unspecified atom stereocenters. The van der Waals surface area contributed by atoms with E-state index in [0.29, 0.717) is 12.5 Å². The van der Waals surface area contributed by atoms with E-state index in [1.807, 2.05) is 27.7 Å². The summed E-state index contributed by atoms with van der Waals surface area (Å²) in [7, 11) is 1.79. The van der Waals surface area contributed by atoms with Gasteiger partial charge in [0.05, 0.1) is 0 Å². The normalized spacial score (nSPS) is 26.9. The zero-order valence-corrected chi connectivity index (χ0v) is 15.0. The van der Waals surface area contributed by atoms with E-state index >= 15 is 0 Å². The topological polar surface area (TPSA) is 59.1 Å². The van der Waals surface area contributed by atoms with Crippen molar-refractivity contribution in [2.75, 3.05) is 26.7 Å². The highest BCUT2D eigenvalue weighted by atomic mass is 16.6. The van der Waals surface area contributed by atoms with Gasteiger partial charge in [0, 0.05) is 20.0 Å². The number of piperidine rings is 1. The minimum Gasteiger partial charge on any atom is -0.461 e. The number of likely N-dealkylation sites (tertiary alicyclic amines) is 1. The standard InChI is InChI=1S/C17H30N2O4/c1-12-10-14(15(20)22-12)19-8-6-13(7-9-19)11-18(5)16(21)23-17(2,3)4/h12-14H,6-11H2,1-5H3/t12-,14-/m0/s1. The molecule has 0 spiro atoms. The summed E-state index contributed by atoms with van der Waals surface area (Å²) >= 11 is 0. The number of carbonyl (C=O) groups is 2. The molecule has 0 saturated carbocycles. The Morgan fingerprint density at radius 1 is 1.35 bits per heavy atom. The van der Waals surface area contributed by atoms with Gasteiger partial charge in [0.25, 0.3) is 0 Å². The van der Waals surface area contributed by atoms with Crippen molar-refractivity contribution < 1.29 is 19.1 Å². The van der Waals surface area contributed by atoms with Gasteiger partial charge < -0.3 is 14.4 Å². The van der Waals surface area contributed by atoms with Gasteiger partial charge in [-0.15, -0.1) is 0 Å². The van der Waals surface area contributed by atoms with Crippen LogP contribution in [0.25, 0.3) is 0 Å². The van der Waals surface area contributed by atoms with Gasteiger partial charge in [-0.1, -0.05) is 0 Å².